The monoisotopic (exact) mass is 171 g/mol. The van der Waals surface area contributed by atoms with Gasteiger partial charge >= 0.3 is 5.97 Å². The van der Waals surface area contributed by atoms with E-state index in [4.69, 9.17) is 0 Å². The molecule has 0 saturated carbocycles. The summed E-state index contributed by atoms with van der Waals surface area (Å²) in [7, 11) is 1.27. The molecule has 1 atom stereocenters. The Bertz CT molecular complexity index is 210. The van der Waals surface area contributed by atoms with E-state index in [1.165, 1.54) is 7.11 Å². The average molecular weight is 171 g/mol. The lowest BCUT2D eigenvalue weighted by molar-refractivity contribution is -0.144. The van der Waals surface area contributed by atoms with Crippen LogP contribution in [0.25, 0.3) is 0 Å². The van der Waals surface area contributed by atoms with Gasteiger partial charge in [-0.2, -0.15) is 0 Å². The maximum Gasteiger partial charge on any atom is 0.328 e. The van der Waals surface area contributed by atoms with Crippen molar-refractivity contribution in [3.8, 4) is 0 Å². The van der Waals surface area contributed by atoms with Gasteiger partial charge in [-0.25, -0.2) is 4.79 Å². The molecule has 0 rings (SSSR count). The molecule has 1 N–H and O–H groups in total. The minimum absolute atomic E-state index is 0.340. The highest BCUT2D eigenvalue weighted by Crippen LogP contribution is 1.90. The molecule has 0 saturated heterocycles. The molecular weight excluding hydrogens is 158 g/mol. The molecule has 0 heterocycles. The quantitative estimate of drug-likeness (QED) is 0.489. The molecule has 0 spiro atoms. The van der Waals surface area contributed by atoms with Gasteiger partial charge in [-0.1, -0.05) is 6.58 Å². The number of rotatable bonds is 3. The van der Waals surface area contributed by atoms with Gasteiger partial charge in [0, 0.05) is 5.57 Å². The summed E-state index contributed by atoms with van der Waals surface area (Å²) >= 11 is 0. The van der Waals surface area contributed by atoms with Crippen LogP contribution in [0.1, 0.15) is 13.8 Å². The fourth-order valence-electron chi connectivity index (χ4n) is 0.556. The van der Waals surface area contributed by atoms with Crippen LogP contribution in [0.3, 0.4) is 0 Å². The van der Waals surface area contributed by atoms with Gasteiger partial charge in [-0.05, 0) is 13.8 Å². The van der Waals surface area contributed by atoms with Crippen LogP contribution in [-0.4, -0.2) is 25.0 Å². The third-order valence-electron chi connectivity index (χ3n) is 1.29. The Balaban J connectivity index is 4.01. The lowest BCUT2D eigenvalue weighted by atomic mass is 10.3. The normalized spacial score (nSPS) is 11.6. The van der Waals surface area contributed by atoms with E-state index in [9.17, 15) is 9.59 Å². The van der Waals surface area contributed by atoms with Crippen LogP contribution in [0.15, 0.2) is 12.2 Å². The molecule has 0 aliphatic heterocycles. The van der Waals surface area contributed by atoms with Gasteiger partial charge in [0.1, 0.15) is 6.04 Å². The van der Waals surface area contributed by atoms with Crippen LogP contribution < -0.4 is 5.32 Å². The number of esters is 1. The molecule has 4 heteroatoms. The van der Waals surface area contributed by atoms with Gasteiger partial charge in [0.25, 0.3) is 0 Å². The van der Waals surface area contributed by atoms with Gasteiger partial charge in [-0.3, -0.25) is 4.79 Å². The van der Waals surface area contributed by atoms with Gasteiger partial charge in [0.15, 0.2) is 0 Å². The molecule has 0 aliphatic carbocycles. The molecule has 0 radical (unpaired) electrons. The molecule has 0 aliphatic rings. The van der Waals surface area contributed by atoms with Crippen LogP contribution in [0.5, 0.6) is 0 Å². The van der Waals surface area contributed by atoms with Gasteiger partial charge in [0.05, 0.1) is 7.11 Å². The number of hydrogen-bond donors (Lipinski definition) is 1. The standard InChI is InChI=1S/C8H13NO3/c1-5(2)7(10)9-6(3)8(11)12-4/h6H,1H2,2-4H3,(H,9,10)/t6-/m0/s1. The maximum absolute atomic E-state index is 11.0. The van der Waals surface area contributed by atoms with E-state index in [0.717, 1.165) is 0 Å². The van der Waals surface area contributed by atoms with E-state index >= 15 is 0 Å². The largest absolute Gasteiger partial charge is 0.467 e. The molecule has 0 bridgehead atoms. The maximum atomic E-state index is 11.0. The zero-order chi connectivity index (χ0) is 9.72. The number of amides is 1. The van der Waals surface area contributed by atoms with Crippen molar-refractivity contribution < 1.29 is 14.3 Å². The summed E-state index contributed by atoms with van der Waals surface area (Å²) < 4.78 is 4.41. The fourth-order valence-corrected chi connectivity index (χ4v) is 0.556. The second-order valence-corrected chi connectivity index (χ2v) is 2.50. The summed E-state index contributed by atoms with van der Waals surface area (Å²) in [6.45, 7) is 6.55. The fraction of sp³-hybridized carbons (Fsp3) is 0.500. The molecule has 68 valence electrons. The number of hydrogen-bond acceptors (Lipinski definition) is 3. The highest BCUT2D eigenvalue weighted by atomic mass is 16.5. The smallest absolute Gasteiger partial charge is 0.328 e. The van der Waals surface area contributed by atoms with Crippen LogP contribution >= 0.6 is 0 Å². The van der Waals surface area contributed by atoms with E-state index < -0.39 is 12.0 Å². The molecule has 0 aromatic rings. The molecule has 1 amide bonds. The van der Waals surface area contributed by atoms with Gasteiger partial charge < -0.3 is 10.1 Å². The molecule has 12 heavy (non-hydrogen) atoms. The van der Waals surface area contributed by atoms with Crippen molar-refractivity contribution in [2.24, 2.45) is 0 Å². The number of carbonyl (C=O) groups is 2. The lowest BCUT2D eigenvalue weighted by Crippen LogP contribution is -2.39. The van der Waals surface area contributed by atoms with E-state index in [-0.39, 0.29) is 5.91 Å². The second-order valence-electron chi connectivity index (χ2n) is 2.50. The Kier molecular flexibility index (Phi) is 4.04. The summed E-state index contributed by atoms with van der Waals surface area (Å²) in [4.78, 5) is 21.8. The van der Waals surface area contributed by atoms with Crippen LogP contribution in [-0.2, 0) is 14.3 Å². The van der Waals surface area contributed by atoms with Crippen molar-refractivity contribution in [1.29, 1.82) is 0 Å². The number of carbonyl (C=O) groups excluding carboxylic acids is 2. The van der Waals surface area contributed by atoms with Crippen LogP contribution in [0.4, 0.5) is 0 Å². The summed E-state index contributed by atoms with van der Waals surface area (Å²) in [6.07, 6.45) is 0. The zero-order valence-corrected chi connectivity index (χ0v) is 7.51. The van der Waals surface area contributed by atoms with Crippen LogP contribution in [0, 0.1) is 0 Å². The molecular formula is C8H13NO3. The van der Waals surface area contributed by atoms with Crippen LogP contribution in [0.2, 0.25) is 0 Å². The summed E-state index contributed by atoms with van der Waals surface area (Å²) in [5, 5.41) is 2.42. The van der Waals surface area contributed by atoms with Crippen molar-refractivity contribution in [2.45, 2.75) is 19.9 Å². The van der Waals surface area contributed by atoms with Crippen molar-refractivity contribution in [1.82, 2.24) is 5.32 Å². The van der Waals surface area contributed by atoms with Crippen molar-refractivity contribution in [3.05, 3.63) is 12.2 Å². The Hall–Kier alpha value is -1.32. The number of ether oxygens (including phenoxy) is 1. The van der Waals surface area contributed by atoms with E-state index in [1.807, 2.05) is 0 Å². The molecule has 0 aromatic heterocycles. The Morgan fingerprint density at radius 1 is 1.50 bits per heavy atom. The first-order chi connectivity index (χ1) is 5.49. The first-order valence-corrected chi connectivity index (χ1v) is 3.53. The minimum atomic E-state index is -0.626. The summed E-state index contributed by atoms with van der Waals surface area (Å²) in [5.41, 5.74) is 0.366. The first kappa shape index (κ1) is 10.7. The highest BCUT2D eigenvalue weighted by molar-refractivity contribution is 5.94. The van der Waals surface area contributed by atoms with Crippen molar-refractivity contribution in [2.75, 3.05) is 7.11 Å². The van der Waals surface area contributed by atoms with Gasteiger partial charge in [0.2, 0.25) is 5.91 Å². The molecule has 0 unspecified atom stereocenters. The second kappa shape index (κ2) is 4.54. The third-order valence-corrected chi connectivity index (χ3v) is 1.29. The number of nitrogens with one attached hydrogen (secondary N) is 1. The summed E-state index contributed by atoms with van der Waals surface area (Å²) in [6, 6.07) is -0.626. The first-order valence-electron chi connectivity index (χ1n) is 3.53. The molecule has 4 nitrogen and oxygen atoms in total. The predicted molar refractivity (Wildman–Crippen MR) is 44.4 cm³/mol. The molecule has 0 aromatic carbocycles. The SMILES string of the molecule is C=C(C)C(=O)N[C@@H](C)C(=O)OC. The van der Waals surface area contributed by atoms with E-state index in [0.29, 0.717) is 5.57 Å². The topological polar surface area (TPSA) is 55.4 Å². The van der Waals surface area contributed by atoms with Crippen molar-refractivity contribution >= 4 is 11.9 Å². The Morgan fingerprint density at radius 2 is 2.00 bits per heavy atom. The average Bonchev–Trinajstić information content (AvgIpc) is 2.02. The Labute approximate surface area is 71.6 Å². The van der Waals surface area contributed by atoms with Gasteiger partial charge in [-0.15, -0.1) is 0 Å². The zero-order valence-electron chi connectivity index (χ0n) is 7.51. The molecule has 0 fully saturated rings. The van der Waals surface area contributed by atoms with Crippen molar-refractivity contribution in [3.63, 3.8) is 0 Å². The minimum Gasteiger partial charge on any atom is -0.467 e. The van der Waals surface area contributed by atoms with E-state index in [2.05, 4.69) is 16.6 Å². The Morgan fingerprint density at radius 3 is 2.33 bits per heavy atom. The third kappa shape index (κ3) is 3.18. The highest BCUT2D eigenvalue weighted by Gasteiger charge is 2.15. The van der Waals surface area contributed by atoms with E-state index in [1.54, 1.807) is 13.8 Å². The lowest BCUT2D eigenvalue weighted by Gasteiger charge is -2.10. The number of methoxy groups -OCH3 is 1. The summed E-state index contributed by atoms with van der Waals surface area (Å²) in [5.74, 6) is -0.808. The predicted octanol–water partition coefficient (Wildman–Crippen LogP) is 0.240.